The Bertz CT molecular complexity index is 229. The molecule has 0 saturated carbocycles. The highest BCUT2D eigenvalue weighted by atomic mass is 127. The lowest BCUT2D eigenvalue weighted by atomic mass is 10.3. The van der Waals surface area contributed by atoms with Crippen LogP contribution in [0.3, 0.4) is 0 Å². The van der Waals surface area contributed by atoms with E-state index in [2.05, 4.69) is 26.4 Å². The Kier molecular flexibility index (Phi) is 3.12. The van der Waals surface area contributed by atoms with E-state index in [-0.39, 0.29) is 0 Å². The predicted molar refractivity (Wildman–Crippen MR) is 52.0 cm³/mol. The molecule has 1 aliphatic heterocycles. The fourth-order valence-electron chi connectivity index (χ4n) is 1.12. The third-order valence-corrected chi connectivity index (χ3v) is 3.92. The first-order valence-electron chi connectivity index (χ1n) is 3.35. The second-order valence-corrected chi connectivity index (χ2v) is 5.32. The molecule has 6 heteroatoms. The SMILES string of the molecule is CS(=O)(=O)N1CC[C@@H](NI)C1. The van der Waals surface area contributed by atoms with Crippen LogP contribution in [-0.2, 0) is 10.0 Å². The van der Waals surface area contributed by atoms with E-state index in [9.17, 15) is 8.42 Å². The largest absolute Gasteiger partial charge is 0.257 e. The van der Waals surface area contributed by atoms with Crippen molar-refractivity contribution in [2.45, 2.75) is 12.5 Å². The molecule has 66 valence electrons. The van der Waals surface area contributed by atoms with Crippen LogP contribution < -0.4 is 3.53 Å². The molecule has 0 aromatic carbocycles. The minimum absolute atomic E-state index is 0.324. The van der Waals surface area contributed by atoms with Gasteiger partial charge < -0.3 is 0 Å². The van der Waals surface area contributed by atoms with Crippen LogP contribution in [0.15, 0.2) is 0 Å². The fourth-order valence-corrected chi connectivity index (χ4v) is 2.51. The molecule has 0 aliphatic carbocycles. The van der Waals surface area contributed by atoms with Crippen molar-refractivity contribution < 1.29 is 8.42 Å². The summed E-state index contributed by atoms with van der Waals surface area (Å²) in [5.74, 6) is 0. The average Bonchev–Trinajstić information content (AvgIpc) is 2.32. The average molecular weight is 290 g/mol. The summed E-state index contributed by atoms with van der Waals surface area (Å²) in [5.41, 5.74) is 0. The summed E-state index contributed by atoms with van der Waals surface area (Å²) in [6.07, 6.45) is 2.17. The summed E-state index contributed by atoms with van der Waals surface area (Å²) in [4.78, 5) is 0. The number of sulfonamides is 1. The van der Waals surface area contributed by atoms with Crippen molar-refractivity contribution in [2.75, 3.05) is 19.3 Å². The third-order valence-electron chi connectivity index (χ3n) is 1.77. The van der Waals surface area contributed by atoms with Gasteiger partial charge >= 0.3 is 0 Å². The van der Waals surface area contributed by atoms with Gasteiger partial charge in [0, 0.05) is 42.0 Å². The van der Waals surface area contributed by atoms with Gasteiger partial charge in [-0.2, -0.15) is 0 Å². The highest BCUT2D eigenvalue weighted by molar-refractivity contribution is 14.1. The molecule has 0 unspecified atom stereocenters. The number of nitrogens with zero attached hydrogens (tertiary/aromatic N) is 1. The van der Waals surface area contributed by atoms with Crippen molar-refractivity contribution in [1.82, 2.24) is 7.84 Å². The van der Waals surface area contributed by atoms with Crippen LogP contribution in [0.5, 0.6) is 0 Å². The molecule has 4 nitrogen and oxygen atoms in total. The molecule has 0 aromatic heterocycles. The standard InChI is InChI=1S/C5H11IN2O2S/c1-11(9,10)8-3-2-5(4-8)7-6/h5,7H,2-4H2,1H3/t5-/m1/s1. The van der Waals surface area contributed by atoms with Crippen LogP contribution >= 0.6 is 22.9 Å². The monoisotopic (exact) mass is 290 g/mol. The Balaban J connectivity index is 2.55. The Morgan fingerprint density at radius 1 is 1.64 bits per heavy atom. The normalized spacial score (nSPS) is 27.6. The zero-order valence-corrected chi connectivity index (χ0v) is 9.22. The van der Waals surface area contributed by atoms with Gasteiger partial charge in [-0.3, -0.25) is 3.53 Å². The van der Waals surface area contributed by atoms with Crippen LogP contribution in [0.25, 0.3) is 0 Å². The van der Waals surface area contributed by atoms with Gasteiger partial charge in [0.25, 0.3) is 0 Å². The summed E-state index contributed by atoms with van der Waals surface area (Å²) in [6.45, 7) is 1.27. The molecule has 1 fully saturated rings. The van der Waals surface area contributed by atoms with Crippen molar-refractivity contribution in [3.63, 3.8) is 0 Å². The van der Waals surface area contributed by atoms with Gasteiger partial charge in [0.05, 0.1) is 6.26 Å². The smallest absolute Gasteiger partial charge is 0.211 e. The molecular formula is C5H11IN2O2S. The van der Waals surface area contributed by atoms with Crippen LogP contribution in [0.1, 0.15) is 6.42 Å². The molecule has 0 bridgehead atoms. The van der Waals surface area contributed by atoms with Crippen LogP contribution in [0, 0.1) is 0 Å². The molecule has 1 rings (SSSR count). The van der Waals surface area contributed by atoms with Gasteiger partial charge in [0.15, 0.2) is 0 Å². The van der Waals surface area contributed by atoms with Crippen molar-refractivity contribution >= 4 is 32.9 Å². The molecule has 1 saturated heterocycles. The third kappa shape index (κ3) is 2.53. The lowest BCUT2D eigenvalue weighted by Crippen LogP contribution is -2.30. The molecule has 1 atom stereocenters. The second-order valence-electron chi connectivity index (χ2n) is 2.72. The summed E-state index contributed by atoms with van der Waals surface area (Å²) in [6, 6.07) is 0.324. The van der Waals surface area contributed by atoms with Crippen molar-refractivity contribution in [3.8, 4) is 0 Å². The molecule has 1 heterocycles. The van der Waals surface area contributed by atoms with E-state index < -0.39 is 10.0 Å². The van der Waals surface area contributed by atoms with Crippen molar-refractivity contribution in [2.24, 2.45) is 0 Å². The maximum Gasteiger partial charge on any atom is 0.211 e. The first-order valence-corrected chi connectivity index (χ1v) is 6.28. The van der Waals surface area contributed by atoms with Gasteiger partial charge in [0.2, 0.25) is 10.0 Å². The topological polar surface area (TPSA) is 49.4 Å². The fraction of sp³-hybridized carbons (Fsp3) is 1.00. The van der Waals surface area contributed by atoms with Crippen molar-refractivity contribution in [3.05, 3.63) is 0 Å². The van der Waals surface area contributed by atoms with E-state index in [0.717, 1.165) is 6.42 Å². The Morgan fingerprint density at radius 2 is 2.27 bits per heavy atom. The first kappa shape index (κ1) is 9.69. The van der Waals surface area contributed by atoms with Crippen LogP contribution in [0.2, 0.25) is 0 Å². The van der Waals surface area contributed by atoms with E-state index in [0.29, 0.717) is 19.1 Å². The van der Waals surface area contributed by atoms with Crippen LogP contribution in [0.4, 0.5) is 0 Å². The molecule has 0 amide bonds. The van der Waals surface area contributed by atoms with E-state index in [1.165, 1.54) is 10.6 Å². The van der Waals surface area contributed by atoms with E-state index in [1.807, 2.05) is 0 Å². The Hall–Kier alpha value is 0.600. The molecule has 0 radical (unpaired) electrons. The first-order chi connectivity index (χ1) is 5.04. The summed E-state index contributed by atoms with van der Waals surface area (Å²) >= 11 is 2.06. The summed E-state index contributed by atoms with van der Waals surface area (Å²) in [5, 5.41) is 0. The zero-order chi connectivity index (χ0) is 8.48. The van der Waals surface area contributed by atoms with E-state index >= 15 is 0 Å². The second kappa shape index (κ2) is 3.55. The predicted octanol–water partition coefficient (Wildman–Crippen LogP) is -0.0401. The van der Waals surface area contributed by atoms with Gasteiger partial charge in [-0.1, -0.05) is 0 Å². The molecular weight excluding hydrogens is 279 g/mol. The van der Waals surface area contributed by atoms with Crippen LogP contribution in [-0.4, -0.2) is 38.1 Å². The highest BCUT2D eigenvalue weighted by Crippen LogP contribution is 2.12. The number of hydrogen-bond acceptors (Lipinski definition) is 3. The summed E-state index contributed by atoms with van der Waals surface area (Å²) in [7, 11) is -2.96. The van der Waals surface area contributed by atoms with Gasteiger partial charge in [-0.05, 0) is 6.42 Å². The molecule has 0 spiro atoms. The van der Waals surface area contributed by atoms with Gasteiger partial charge in [-0.15, -0.1) is 0 Å². The Morgan fingerprint density at radius 3 is 2.55 bits per heavy atom. The summed E-state index contributed by atoms with van der Waals surface area (Å²) < 4.78 is 26.5. The highest BCUT2D eigenvalue weighted by Gasteiger charge is 2.27. The quantitative estimate of drug-likeness (QED) is 0.573. The minimum Gasteiger partial charge on any atom is -0.257 e. The van der Waals surface area contributed by atoms with Gasteiger partial charge in [-0.25, -0.2) is 12.7 Å². The Labute approximate surface area is 80.9 Å². The number of rotatable bonds is 2. The van der Waals surface area contributed by atoms with Crippen molar-refractivity contribution in [1.29, 1.82) is 0 Å². The minimum atomic E-state index is -2.96. The molecule has 0 aromatic rings. The molecule has 1 aliphatic rings. The van der Waals surface area contributed by atoms with E-state index in [4.69, 9.17) is 0 Å². The molecule has 1 N–H and O–H groups in total. The maximum atomic E-state index is 11.0. The van der Waals surface area contributed by atoms with Gasteiger partial charge in [0.1, 0.15) is 0 Å². The lowest BCUT2D eigenvalue weighted by molar-refractivity contribution is 0.476. The maximum absolute atomic E-state index is 11.0. The molecule has 11 heavy (non-hydrogen) atoms. The van der Waals surface area contributed by atoms with E-state index in [1.54, 1.807) is 0 Å². The number of hydrogen-bond donors (Lipinski definition) is 1. The zero-order valence-electron chi connectivity index (χ0n) is 6.25. The number of halogens is 1. The number of nitrogens with one attached hydrogen (secondary N) is 1. The lowest BCUT2D eigenvalue weighted by Gasteiger charge is -2.11.